The Balaban J connectivity index is 2.73. The number of carbonyl (C=O) groups is 1. The summed E-state index contributed by atoms with van der Waals surface area (Å²) in [5, 5.41) is 0. The molecule has 0 aliphatic heterocycles. The first-order chi connectivity index (χ1) is 7.04. The number of aromatic nitrogens is 1. The summed E-state index contributed by atoms with van der Waals surface area (Å²) in [5.41, 5.74) is 6.72. The van der Waals surface area contributed by atoms with Crippen LogP contribution in [0, 0.1) is 5.92 Å². The second-order valence-electron chi connectivity index (χ2n) is 4.08. The van der Waals surface area contributed by atoms with E-state index in [1.165, 1.54) is 0 Å². The lowest BCUT2D eigenvalue weighted by Gasteiger charge is -2.22. The third kappa shape index (κ3) is 3.01. The van der Waals surface area contributed by atoms with Crippen LogP contribution in [0.15, 0.2) is 12.3 Å². The highest BCUT2D eigenvalue weighted by atomic mass is 16.2. The molecule has 0 aliphatic carbocycles. The van der Waals surface area contributed by atoms with Crippen LogP contribution < -0.4 is 5.73 Å². The molecule has 1 aromatic rings. The summed E-state index contributed by atoms with van der Waals surface area (Å²) in [4.78, 5) is 16.7. The number of nitrogen functional groups attached to an aromatic ring is 1. The van der Waals surface area contributed by atoms with Crippen LogP contribution in [0.5, 0.6) is 0 Å². The van der Waals surface area contributed by atoms with Crippen molar-refractivity contribution in [2.24, 2.45) is 5.92 Å². The SMILES string of the molecule is CCN(CC(C)C)C(=O)c1cc(N)c[nH]1. The lowest BCUT2D eigenvalue weighted by Crippen LogP contribution is -2.34. The molecule has 0 radical (unpaired) electrons. The zero-order chi connectivity index (χ0) is 11.4. The van der Waals surface area contributed by atoms with Crippen molar-refractivity contribution < 1.29 is 4.79 Å². The molecule has 1 amide bonds. The van der Waals surface area contributed by atoms with Gasteiger partial charge in [0, 0.05) is 25.0 Å². The van der Waals surface area contributed by atoms with Gasteiger partial charge in [0.2, 0.25) is 0 Å². The number of nitrogens with zero attached hydrogens (tertiary/aromatic N) is 1. The summed E-state index contributed by atoms with van der Waals surface area (Å²) >= 11 is 0. The van der Waals surface area contributed by atoms with E-state index in [1.54, 1.807) is 12.3 Å². The maximum atomic E-state index is 12.0. The van der Waals surface area contributed by atoms with Gasteiger partial charge in [-0.3, -0.25) is 4.79 Å². The van der Waals surface area contributed by atoms with Crippen molar-refractivity contribution in [3.63, 3.8) is 0 Å². The van der Waals surface area contributed by atoms with Crippen LogP contribution in [0.3, 0.4) is 0 Å². The third-order valence-corrected chi connectivity index (χ3v) is 2.19. The molecule has 1 aromatic heterocycles. The molecule has 1 rings (SSSR count). The molecule has 0 bridgehead atoms. The van der Waals surface area contributed by atoms with E-state index in [2.05, 4.69) is 18.8 Å². The van der Waals surface area contributed by atoms with Crippen LogP contribution in [0.25, 0.3) is 0 Å². The van der Waals surface area contributed by atoms with Crippen molar-refractivity contribution in [2.45, 2.75) is 20.8 Å². The summed E-state index contributed by atoms with van der Waals surface area (Å²) < 4.78 is 0. The molecule has 15 heavy (non-hydrogen) atoms. The third-order valence-electron chi connectivity index (χ3n) is 2.19. The number of nitrogens with one attached hydrogen (secondary N) is 1. The minimum atomic E-state index is 0.0166. The average Bonchev–Trinajstić information content (AvgIpc) is 2.60. The van der Waals surface area contributed by atoms with Gasteiger partial charge in [0.25, 0.3) is 5.91 Å². The second kappa shape index (κ2) is 4.87. The Hall–Kier alpha value is -1.45. The van der Waals surface area contributed by atoms with E-state index in [1.807, 2.05) is 11.8 Å². The number of hydrogen-bond acceptors (Lipinski definition) is 2. The number of hydrogen-bond donors (Lipinski definition) is 2. The Morgan fingerprint density at radius 1 is 1.60 bits per heavy atom. The lowest BCUT2D eigenvalue weighted by atomic mass is 10.2. The van der Waals surface area contributed by atoms with Gasteiger partial charge in [-0.2, -0.15) is 0 Å². The predicted octanol–water partition coefficient (Wildman–Crippen LogP) is 1.71. The second-order valence-corrected chi connectivity index (χ2v) is 4.08. The summed E-state index contributed by atoms with van der Waals surface area (Å²) in [6.45, 7) is 7.66. The van der Waals surface area contributed by atoms with Gasteiger partial charge in [-0.1, -0.05) is 13.8 Å². The van der Waals surface area contributed by atoms with Gasteiger partial charge in [-0.25, -0.2) is 0 Å². The fourth-order valence-corrected chi connectivity index (χ4v) is 1.50. The van der Waals surface area contributed by atoms with E-state index in [4.69, 9.17) is 5.73 Å². The van der Waals surface area contributed by atoms with E-state index in [9.17, 15) is 4.79 Å². The van der Waals surface area contributed by atoms with Crippen LogP contribution in [0.4, 0.5) is 5.69 Å². The average molecular weight is 209 g/mol. The summed E-state index contributed by atoms with van der Waals surface area (Å²) in [5.74, 6) is 0.490. The van der Waals surface area contributed by atoms with E-state index in [-0.39, 0.29) is 5.91 Å². The monoisotopic (exact) mass is 209 g/mol. The van der Waals surface area contributed by atoms with Gasteiger partial charge >= 0.3 is 0 Å². The van der Waals surface area contributed by atoms with Crippen LogP contribution >= 0.6 is 0 Å². The normalized spacial score (nSPS) is 10.7. The maximum Gasteiger partial charge on any atom is 0.270 e. The van der Waals surface area contributed by atoms with Crippen molar-refractivity contribution in [1.29, 1.82) is 0 Å². The predicted molar refractivity (Wildman–Crippen MR) is 61.6 cm³/mol. The molecular weight excluding hydrogens is 190 g/mol. The first-order valence-electron chi connectivity index (χ1n) is 5.27. The molecule has 0 unspecified atom stereocenters. The Kier molecular flexibility index (Phi) is 3.77. The standard InChI is InChI=1S/C11H19N3O/c1-4-14(7-8(2)3)11(15)10-5-9(12)6-13-10/h5-6,8,13H,4,7,12H2,1-3H3. The maximum absolute atomic E-state index is 12.0. The molecule has 0 fully saturated rings. The van der Waals surface area contributed by atoms with Crippen molar-refractivity contribution in [1.82, 2.24) is 9.88 Å². The van der Waals surface area contributed by atoms with Crippen LogP contribution in [0.2, 0.25) is 0 Å². The molecule has 4 nitrogen and oxygen atoms in total. The van der Waals surface area contributed by atoms with Gasteiger partial charge < -0.3 is 15.6 Å². The van der Waals surface area contributed by atoms with Gasteiger partial charge in [-0.15, -0.1) is 0 Å². The molecule has 0 aromatic carbocycles. The first-order valence-corrected chi connectivity index (χ1v) is 5.27. The summed E-state index contributed by atoms with van der Waals surface area (Å²) in [7, 11) is 0. The number of carbonyl (C=O) groups excluding carboxylic acids is 1. The van der Waals surface area contributed by atoms with Crippen LogP contribution in [0.1, 0.15) is 31.3 Å². The highest BCUT2D eigenvalue weighted by Gasteiger charge is 2.16. The molecule has 84 valence electrons. The van der Waals surface area contributed by atoms with E-state index < -0.39 is 0 Å². The largest absolute Gasteiger partial charge is 0.397 e. The topological polar surface area (TPSA) is 62.1 Å². The molecular formula is C11H19N3O. The van der Waals surface area contributed by atoms with Crippen molar-refractivity contribution in [3.8, 4) is 0 Å². The molecule has 4 heteroatoms. The number of nitrogens with two attached hydrogens (primary N) is 1. The van der Waals surface area contributed by atoms with Crippen molar-refractivity contribution in [2.75, 3.05) is 18.8 Å². The van der Waals surface area contributed by atoms with Crippen LogP contribution in [-0.4, -0.2) is 28.9 Å². The minimum Gasteiger partial charge on any atom is -0.397 e. The minimum absolute atomic E-state index is 0.0166. The van der Waals surface area contributed by atoms with Gasteiger partial charge in [0.15, 0.2) is 0 Å². The molecule has 3 N–H and O–H groups in total. The Morgan fingerprint density at radius 2 is 2.27 bits per heavy atom. The zero-order valence-electron chi connectivity index (χ0n) is 9.58. The van der Waals surface area contributed by atoms with Gasteiger partial charge in [0.1, 0.15) is 5.69 Å². The van der Waals surface area contributed by atoms with Gasteiger partial charge in [0.05, 0.1) is 0 Å². The molecule has 0 atom stereocenters. The van der Waals surface area contributed by atoms with Gasteiger partial charge in [-0.05, 0) is 18.9 Å². The van der Waals surface area contributed by atoms with E-state index >= 15 is 0 Å². The number of aromatic amines is 1. The molecule has 0 saturated carbocycles. The fraction of sp³-hybridized carbons (Fsp3) is 0.545. The molecule has 0 saturated heterocycles. The smallest absolute Gasteiger partial charge is 0.270 e. The Bertz CT molecular complexity index is 330. The highest BCUT2D eigenvalue weighted by Crippen LogP contribution is 2.09. The van der Waals surface area contributed by atoms with E-state index in [0.29, 0.717) is 17.3 Å². The number of amides is 1. The zero-order valence-corrected chi connectivity index (χ0v) is 9.58. The quantitative estimate of drug-likeness (QED) is 0.793. The lowest BCUT2D eigenvalue weighted by molar-refractivity contribution is 0.0740. The first kappa shape index (κ1) is 11.6. The molecule has 0 aliphatic rings. The van der Waals surface area contributed by atoms with Crippen molar-refractivity contribution >= 4 is 11.6 Å². The summed E-state index contributed by atoms with van der Waals surface area (Å²) in [6.07, 6.45) is 1.64. The Morgan fingerprint density at radius 3 is 2.67 bits per heavy atom. The summed E-state index contributed by atoms with van der Waals surface area (Å²) in [6, 6.07) is 1.67. The highest BCUT2D eigenvalue weighted by molar-refractivity contribution is 5.93. The van der Waals surface area contributed by atoms with Crippen LogP contribution in [-0.2, 0) is 0 Å². The molecule has 1 heterocycles. The van der Waals surface area contributed by atoms with Crippen molar-refractivity contribution in [3.05, 3.63) is 18.0 Å². The number of H-pyrrole nitrogens is 1. The number of rotatable bonds is 4. The van der Waals surface area contributed by atoms with E-state index in [0.717, 1.165) is 13.1 Å². The number of anilines is 1. The fourth-order valence-electron chi connectivity index (χ4n) is 1.50. The molecule has 0 spiro atoms. The Labute approximate surface area is 90.5 Å².